The second-order valence-corrected chi connectivity index (χ2v) is 14.5. The Bertz CT molecular complexity index is 1250. The zero-order chi connectivity index (χ0) is 34.6. The summed E-state index contributed by atoms with van der Waals surface area (Å²) in [4.78, 5) is 49.8. The van der Waals surface area contributed by atoms with Crippen molar-refractivity contribution in [3.63, 3.8) is 0 Å². The Morgan fingerprint density at radius 3 is 2.38 bits per heavy atom. The molecule has 0 bridgehead atoms. The second-order valence-electron chi connectivity index (χ2n) is 14.5. The van der Waals surface area contributed by atoms with Crippen molar-refractivity contribution in [2.45, 2.75) is 122 Å². The van der Waals surface area contributed by atoms with Crippen LogP contribution in [-0.2, 0) is 27.2 Å². The standard InChI is InChI=1S/C37H57N5O5/c1-8-28(25(2)3)21-32(43)30(19-26-15-11-9-12-16-26)40-34(44)31(22-29-23-38-24-39-29)42(7)35(45)33(20-27-17-13-10-14-18-27)47-36(46)41-37(4,5)6/h8,10,13-14,17-18,23-26,28,30-33,43H,1,9,11-12,15-16,19-22H2,2-7H3,(H,38,39)(H,40,44)(H,41,46)/t28-,30-,31+,32-,33-/m0/s1. The number of aromatic amines is 1. The first-order valence-corrected chi connectivity index (χ1v) is 17.1. The van der Waals surface area contributed by atoms with Crippen LogP contribution in [0.15, 0.2) is 55.5 Å². The molecule has 1 aromatic heterocycles. The number of carbonyl (C=O) groups is 3. The minimum atomic E-state index is -1.18. The van der Waals surface area contributed by atoms with Crippen LogP contribution in [0, 0.1) is 17.8 Å². The number of rotatable bonds is 16. The number of allylic oxidation sites excluding steroid dienone is 1. The molecule has 1 aliphatic carbocycles. The van der Waals surface area contributed by atoms with Crippen LogP contribution >= 0.6 is 0 Å². The Labute approximate surface area is 281 Å². The number of H-pyrrole nitrogens is 1. The number of aromatic nitrogens is 2. The van der Waals surface area contributed by atoms with Crippen LogP contribution in [-0.4, -0.2) is 74.8 Å². The normalized spacial score (nSPS) is 17.2. The highest BCUT2D eigenvalue weighted by Crippen LogP contribution is 2.30. The van der Waals surface area contributed by atoms with Gasteiger partial charge < -0.3 is 30.4 Å². The molecule has 1 heterocycles. The van der Waals surface area contributed by atoms with Gasteiger partial charge >= 0.3 is 6.09 Å². The molecular weight excluding hydrogens is 594 g/mol. The number of likely N-dealkylation sites (N-methyl/N-ethyl adjacent to an activating group) is 1. The van der Waals surface area contributed by atoms with Crippen LogP contribution < -0.4 is 10.6 Å². The second kappa shape index (κ2) is 18.0. The number of ether oxygens (including phenoxy) is 1. The Hall–Kier alpha value is -3.66. The summed E-state index contributed by atoms with van der Waals surface area (Å²) in [7, 11) is 1.56. The molecule has 0 spiro atoms. The summed E-state index contributed by atoms with van der Waals surface area (Å²) in [5.41, 5.74) is 0.919. The first-order valence-electron chi connectivity index (χ1n) is 17.1. The molecule has 2 aromatic rings. The largest absolute Gasteiger partial charge is 0.436 e. The Balaban J connectivity index is 1.89. The average molecular weight is 652 g/mol. The summed E-state index contributed by atoms with van der Waals surface area (Å²) in [6, 6.07) is 7.87. The smallest absolute Gasteiger partial charge is 0.408 e. The topological polar surface area (TPSA) is 137 Å². The third kappa shape index (κ3) is 12.5. The van der Waals surface area contributed by atoms with Crippen molar-refractivity contribution in [1.29, 1.82) is 0 Å². The van der Waals surface area contributed by atoms with Gasteiger partial charge in [0.2, 0.25) is 5.91 Å². The molecule has 260 valence electrons. The summed E-state index contributed by atoms with van der Waals surface area (Å²) < 4.78 is 5.73. The van der Waals surface area contributed by atoms with E-state index in [1.165, 1.54) is 17.6 Å². The van der Waals surface area contributed by atoms with E-state index in [2.05, 4.69) is 41.0 Å². The van der Waals surface area contributed by atoms with E-state index in [1.54, 1.807) is 13.2 Å². The number of aliphatic hydroxyl groups excluding tert-OH is 1. The molecular formula is C37H57N5O5. The van der Waals surface area contributed by atoms with Gasteiger partial charge in [0.25, 0.3) is 5.91 Å². The zero-order valence-electron chi connectivity index (χ0n) is 29.2. The lowest BCUT2D eigenvalue weighted by Crippen LogP contribution is -2.56. The van der Waals surface area contributed by atoms with Crippen molar-refractivity contribution < 1.29 is 24.2 Å². The van der Waals surface area contributed by atoms with Crippen LogP contribution in [0.4, 0.5) is 4.79 Å². The molecule has 3 rings (SSSR count). The monoisotopic (exact) mass is 651 g/mol. The average Bonchev–Trinajstić information content (AvgIpc) is 3.54. The lowest BCUT2D eigenvalue weighted by atomic mass is 9.81. The number of nitrogens with zero attached hydrogens (tertiary/aromatic N) is 2. The van der Waals surface area contributed by atoms with Gasteiger partial charge in [-0.3, -0.25) is 9.59 Å². The highest BCUT2D eigenvalue weighted by atomic mass is 16.6. The van der Waals surface area contributed by atoms with E-state index in [-0.39, 0.29) is 24.7 Å². The molecule has 47 heavy (non-hydrogen) atoms. The van der Waals surface area contributed by atoms with Gasteiger partial charge in [-0.1, -0.05) is 82.4 Å². The van der Waals surface area contributed by atoms with Gasteiger partial charge in [0.15, 0.2) is 6.10 Å². The summed E-state index contributed by atoms with van der Waals surface area (Å²) >= 11 is 0. The van der Waals surface area contributed by atoms with Crippen LogP contribution in [0.25, 0.3) is 0 Å². The van der Waals surface area contributed by atoms with E-state index in [9.17, 15) is 19.5 Å². The molecule has 0 aliphatic heterocycles. The molecule has 1 saturated carbocycles. The van der Waals surface area contributed by atoms with Gasteiger partial charge in [-0.15, -0.1) is 6.58 Å². The molecule has 1 aromatic carbocycles. The van der Waals surface area contributed by atoms with Crippen molar-refractivity contribution in [2.75, 3.05) is 7.05 Å². The molecule has 0 unspecified atom stereocenters. The minimum absolute atomic E-state index is 0.0935. The number of alkyl carbamates (subject to hydrolysis) is 1. The SMILES string of the molecule is C=C[C@@H](C[C@H](O)[C@H](CC1CCCCC1)NC(=O)[C@@H](Cc1cnc[nH]1)N(C)C(=O)[C@H](Cc1ccccc1)OC(=O)NC(C)(C)C)C(C)C. The number of amides is 3. The van der Waals surface area contributed by atoms with E-state index < -0.39 is 41.8 Å². The van der Waals surface area contributed by atoms with Gasteiger partial charge in [0.05, 0.1) is 18.5 Å². The molecule has 10 heteroatoms. The van der Waals surface area contributed by atoms with Crippen molar-refractivity contribution in [3.8, 4) is 0 Å². The third-order valence-corrected chi connectivity index (χ3v) is 9.13. The Morgan fingerprint density at radius 1 is 1.13 bits per heavy atom. The fourth-order valence-electron chi connectivity index (χ4n) is 6.32. The summed E-state index contributed by atoms with van der Waals surface area (Å²) in [5.74, 6) is -0.0977. The minimum Gasteiger partial charge on any atom is -0.436 e. The Kier molecular flexibility index (Phi) is 14.5. The van der Waals surface area contributed by atoms with Crippen molar-refractivity contribution in [1.82, 2.24) is 25.5 Å². The lowest BCUT2D eigenvalue weighted by molar-refractivity contribution is -0.146. The number of benzene rings is 1. The number of aliphatic hydroxyl groups is 1. The van der Waals surface area contributed by atoms with E-state index >= 15 is 0 Å². The number of imidazole rings is 1. The van der Waals surface area contributed by atoms with Crippen LogP contribution in [0.1, 0.15) is 90.8 Å². The summed E-state index contributed by atoms with van der Waals surface area (Å²) in [6.45, 7) is 13.7. The fraction of sp³-hybridized carbons (Fsp3) is 0.622. The van der Waals surface area contributed by atoms with Crippen molar-refractivity contribution in [2.24, 2.45) is 17.8 Å². The fourth-order valence-corrected chi connectivity index (χ4v) is 6.32. The molecule has 1 aliphatic rings. The van der Waals surface area contributed by atoms with E-state index in [1.807, 2.05) is 57.2 Å². The summed E-state index contributed by atoms with van der Waals surface area (Å²) in [6.07, 6.45) is 9.44. The molecule has 5 atom stereocenters. The molecule has 1 fully saturated rings. The zero-order valence-corrected chi connectivity index (χ0v) is 29.2. The first-order chi connectivity index (χ1) is 22.3. The molecule has 10 nitrogen and oxygen atoms in total. The maximum atomic E-state index is 14.3. The van der Waals surface area contributed by atoms with Gasteiger partial charge in [0.1, 0.15) is 6.04 Å². The third-order valence-electron chi connectivity index (χ3n) is 9.13. The van der Waals surface area contributed by atoms with Gasteiger partial charge in [-0.25, -0.2) is 9.78 Å². The number of hydrogen-bond donors (Lipinski definition) is 4. The van der Waals surface area contributed by atoms with Crippen LogP contribution in [0.5, 0.6) is 0 Å². The Morgan fingerprint density at radius 2 is 1.81 bits per heavy atom. The predicted octanol–water partition coefficient (Wildman–Crippen LogP) is 5.58. The number of hydrogen-bond acceptors (Lipinski definition) is 6. The highest BCUT2D eigenvalue weighted by molar-refractivity contribution is 5.90. The maximum absolute atomic E-state index is 14.3. The van der Waals surface area contributed by atoms with Gasteiger partial charge in [-0.2, -0.15) is 0 Å². The van der Waals surface area contributed by atoms with E-state index in [0.717, 1.165) is 31.2 Å². The molecule has 0 radical (unpaired) electrons. The van der Waals surface area contributed by atoms with Gasteiger partial charge in [0, 0.05) is 37.3 Å². The summed E-state index contributed by atoms with van der Waals surface area (Å²) in [5, 5.41) is 17.5. The van der Waals surface area contributed by atoms with Crippen LogP contribution in [0.2, 0.25) is 0 Å². The number of carbonyl (C=O) groups excluding carboxylic acids is 3. The highest BCUT2D eigenvalue weighted by Gasteiger charge is 2.37. The lowest BCUT2D eigenvalue weighted by Gasteiger charge is -2.35. The molecule has 3 amide bonds. The maximum Gasteiger partial charge on any atom is 0.408 e. The quantitative estimate of drug-likeness (QED) is 0.175. The van der Waals surface area contributed by atoms with Crippen molar-refractivity contribution in [3.05, 3.63) is 66.8 Å². The predicted molar refractivity (Wildman–Crippen MR) is 184 cm³/mol. The molecule has 4 N–H and O–H groups in total. The van der Waals surface area contributed by atoms with Crippen molar-refractivity contribution >= 4 is 17.9 Å². The van der Waals surface area contributed by atoms with E-state index in [0.29, 0.717) is 30.4 Å². The van der Waals surface area contributed by atoms with Gasteiger partial charge in [-0.05, 0) is 56.9 Å². The first kappa shape index (κ1) is 37.8. The number of nitrogens with one attached hydrogen (secondary N) is 3. The van der Waals surface area contributed by atoms with Crippen LogP contribution in [0.3, 0.4) is 0 Å². The molecule has 0 saturated heterocycles. The van der Waals surface area contributed by atoms with E-state index in [4.69, 9.17) is 4.74 Å².